The van der Waals surface area contributed by atoms with E-state index in [-0.39, 0.29) is 0 Å². The zero-order chi connectivity index (χ0) is 11.5. The molecule has 2 aromatic heterocycles. The van der Waals surface area contributed by atoms with E-state index in [0.29, 0.717) is 11.0 Å². The van der Waals surface area contributed by atoms with Crippen molar-refractivity contribution in [1.29, 1.82) is 0 Å². The first kappa shape index (κ1) is 11.6. The number of methoxy groups -OCH3 is 1. The lowest BCUT2D eigenvalue weighted by Gasteiger charge is -2.09. The fourth-order valence-electron chi connectivity index (χ4n) is 1.38. The maximum Gasteiger partial charge on any atom is 0.221 e. The van der Waals surface area contributed by atoms with Crippen LogP contribution in [0.4, 0.5) is 0 Å². The van der Waals surface area contributed by atoms with Gasteiger partial charge in [0.1, 0.15) is 5.15 Å². The van der Waals surface area contributed by atoms with Crippen molar-refractivity contribution in [1.82, 2.24) is 9.97 Å². The third kappa shape index (κ3) is 2.12. The van der Waals surface area contributed by atoms with Crippen molar-refractivity contribution in [2.45, 2.75) is 0 Å². The molecule has 0 saturated carbocycles. The molecule has 2 heterocycles. The summed E-state index contributed by atoms with van der Waals surface area (Å²) in [6, 6.07) is 5.70. The van der Waals surface area contributed by atoms with E-state index >= 15 is 0 Å². The molecule has 0 bridgehead atoms. The maximum atomic E-state index is 5.98. The standard InChI is InChI=1S/C11H8ClIN2O/c1-16-11-8(3-2-5-15-11)7-4-6-14-10(12)9(7)13/h2-6H,1H3. The second-order valence-corrected chi connectivity index (χ2v) is 4.46. The fraction of sp³-hybridized carbons (Fsp3) is 0.0909. The molecule has 0 amide bonds. The van der Waals surface area contributed by atoms with Crippen molar-refractivity contribution >= 4 is 34.2 Å². The molecule has 0 radical (unpaired) electrons. The quantitative estimate of drug-likeness (QED) is 0.617. The van der Waals surface area contributed by atoms with Crippen molar-refractivity contribution in [2.75, 3.05) is 7.11 Å². The molecule has 2 rings (SSSR count). The number of pyridine rings is 2. The van der Waals surface area contributed by atoms with Crippen LogP contribution in [0, 0.1) is 3.57 Å². The number of ether oxygens (including phenoxy) is 1. The van der Waals surface area contributed by atoms with Gasteiger partial charge in [0.05, 0.1) is 10.7 Å². The molecule has 0 atom stereocenters. The molecule has 0 aliphatic rings. The number of halogens is 2. The van der Waals surface area contributed by atoms with Crippen LogP contribution in [0.15, 0.2) is 30.6 Å². The molecule has 5 heteroatoms. The van der Waals surface area contributed by atoms with E-state index in [1.165, 1.54) is 0 Å². The highest BCUT2D eigenvalue weighted by molar-refractivity contribution is 14.1. The van der Waals surface area contributed by atoms with Gasteiger partial charge in [-0.3, -0.25) is 0 Å². The largest absolute Gasteiger partial charge is 0.481 e. The first-order valence-electron chi connectivity index (χ1n) is 4.53. The van der Waals surface area contributed by atoms with Crippen molar-refractivity contribution in [2.24, 2.45) is 0 Å². The summed E-state index contributed by atoms with van der Waals surface area (Å²) in [5.41, 5.74) is 1.89. The van der Waals surface area contributed by atoms with Gasteiger partial charge in [0.2, 0.25) is 5.88 Å². The topological polar surface area (TPSA) is 35.0 Å². The molecule has 0 aliphatic carbocycles. The smallest absolute Gasteiger partial charge is 0.221 e. The van der Waals surface area contributed by atoms with Crippen LogP contribution in [0.1, 0.15) is 0 Å². The van der Waals surface area contributed by atoms with Crippen LogP contribution in [-0.2, 0) is 0 Å². The van der Waals surface area contributed by atoms with Crippen molar-refractivity contribution in [3.8, 4) is 17.0 Å². The van der Waals surface area contributed by atoms with Crippen LogP contribution in [0.5, 0.6) is 5.88 Å². The second-order valence-electron chi connectivity index (χ2n) is 3.02. The maximum absolute atomic E-state index is 5.98. The molecular weight excluding hydrogens is 338 g/mol. The Hall–Kier alpha value is -0.880. The minimum absolute atomic E-state index is 0.490. The van der Waals surface area contributed by atoms with Gasteiger partial charge < -0.3 is 4.74 Å². The Kier molecular flexibility index (Phi) is 3.60. The van der Waals surface area contributed by atoms with Crippen LogP contribution in [0.25, 0.3) is 11.1 Å². The fourth-order valence-corrected chi connectivity index (χ4v) is 2.15. The Morgan fingerprint density at radius 3 is 2.75 bits per heavy atom. The Bertz CT molecular complexity index is 519. The minimum atomic E-state index is 0.490. The molecule has 2 aromatic rings. The Morgan fingerprint density at radius 2 is 2.00 bits per heavy atom. The molecule has 0 saturated heterocycles. The highest BCUT2D eigenvalue weighted by Crippen LogP contribution is 2.33. The number of hydrogen-bond donors (Lipinski definition) is 0. The van der Waals surface area contributed by atoms with Crippen molar-refractivity contribution in [3.63, 3.8) is 0 Å². The van der Waals surface area contributed by atoms with Gasteiger partial charge in [0.25, 0.3) is 0 Å². The van der Waals surface area contributed by atoms with Crippen molar-refractivity contribution in [3.05, 3.63) is 39.3 Å². The van der Waals surface area contributed by atoms with E-state index in [0.717, 1.165) is 14.7 Å². The van der Waals surface area contributed by atoms with Crippen LogP contribution >= 0.6 is 34.2 Å². The van der Waals surface area contributed by atoms with Gasteiger partial charge >= 0.3 is 0 Å². The number of rotatable bonds is 2. The summed E-state index contributed by atoms with van der Waals surface area (Å²) in [5, 5.41) is 0.490. The molecule has 16 heavy (non-hydrogen) atoms. The lowest BCUT2D eigenvalue weighted by Crippen LogP contribution is -1.93. The summed E-state index contributed by atoms with van der Waals surface area (Å²) in [6.07, 6.45) is 3.37. The van der Waals surface area contributed by atoms with Crippen LogP contribution in [-0.4, -0.2) is 17.1 Å². The van der Waals surface area contributed by atoms with Gasteiger partial charge in [0.15, 0.2) is 0 Å². The van der Waals surface area contributed by atoms with Gasteiger partial charge in [-0.15, -0.1) is 0 Å². The second kappa shape index (κ2) is 4.97. The van der Waals surface area contributed by atoms with E-state index < -0.39 is 0 Å². The molecule has 0 spiro atoms. The predicted octanol–water partition coefficient (Wildman–Crippen LogP) is 3.41. The Morgan fingerprint density at radius 1 is 1.19 bits per heavy atom. The lowest BCUT2D eigenvalue weighted by atomic mass is 10.1. The normalized spacial score (nSPS) is 10.2. The third-order valence-electron chi connectivity index (χ3n) is 2.10. The highest BCUT2D eigenvalue weighted by Gasteiger charge is 2.11. The average Bonchev–Trinajstić information content (AvgIpc) is 2.33. The summed E-state index contributed by atoms with van der Waals surface area (Å²) in [6.45, 7) is 0. The number of nitrogens with zero attached hydrogens (tertiary/aromatic N) is 2. The first-order valence-corrected chi connectivity index (χ1v) is 5.99. The molecule has 0 N–H and O–H groups in total. The Labute approximate surface area is 112 Å². The summed E-state index contributed by atoms with van der Waals surface area (Å²) in [5.74, 6) is 0.586. The zero-order valence-electron chi connectivity index (χ0n) is 8.45. The molecule has 3 nitrogen and oxygen atoms in total. The molecule has 0 aromatic carbocycles. The van der Waals surface area contributed by atoms with Gasteiger partial charge in [0, 0.05) is 23.5 Å². The molecule has 82 valence electrons. The van der Waals surface area contributed by atoms with E-state index in [1.54, 1.807) is 19.5 Å². The lowest BCUT2D eigenvalue weighted by molar-refractivity contribution is 0.399. The molecule has 0 fully saturated rings. The van der Waals surface area contributed by atoms with E-state index in [4.69, 9.17) is 16.3 Å². The first-order chi connectivity index (χ1) is 7.74. The van der Waals surface area contributed by atoms with Crippen LogP contribution < -0.4 is 4.74 Å². The van der Waals surface area contributed by atoms with Gasteiger partial charge in [-0.25, -0.2) is 9.97 Å². The predicted molar refractivity (Wildman–Crippen MR) is 71.7 cm³/mol. The third-order valence-corrected chi connectivity index (χ3v) is 3.80. The monoisotopic (exact) mass is 346 g/mol. The molecule has 0 unspecified atom stereocenters. The minimum Gasteiger partial charge on any atom is -0.481 e. The van der Waals surface area contributed by atoms with E-state index in [9.17, 15) is 0 Å². The van der Waals surface area contributed by atoms with Crippen LogP contribution in [0.3, 0.4) is 0 Å². The summed E-state index contributed by atoms with van der Waals surface area (Å²) < 4.78 is 6.11. The number of aromatic nitrogens is 2. The van der Waals surface area contributed by atoms with Gasteiger partial charge in [-0.05, 0) is 40.8 Å². The SMILES string of the molecule is COc1ncccc1-c1ccnc(Cl)c1I. The van der Waals surface area contributed by atoms with Gasteiger partial charge in [-0.1, -0.05) is 11.6 Å². The molecular formula is C11H8ClIN2O. The summed E-state index contributed by atoms with van der Waals surface area (Å²) >= 11 is 8.14. The highest BCUT2D eigenvalue weighted by atomic mass is 127. The van der Waals surface area contributed by atoms with Crippen molar-refractivity contribution < 1.29 is 4.74 Å². The average molecular weight is 347 g/mol. The summed E-state index contributed by atoms with van der Waals surface area (Å²) in [7, 11) is 1.60. The zero-order valence-corrected chi connectivity index (χ0v) is 11.4. The molecule has 0 aliphatic heterocycles. The van der Waals surface area contributed by atoms with E-state index in [2.05, 4.69) is 32.6 Å². The van der Waals surface area contributed by atoms with Crippen LogP contribution in [0.2, 0.25) is 5.15 Å². The number of hydrogen-bond acceptors (Lipinski definition) is 3. The summed E-state index contributed by atoms with van der Waals surface area (Å²) in [4.78, 5) is 8.17. The Balaban J connectivity index is 2.63. The van der Waals surface area contributed by atoms with E-state index in [1.807, 2.05) is 18.2 Å². The van der Waals surface area contributed by atoms with Gasteiger partial charge in [-0.2, -0.15) is 0 Å².